The van der Waals surface area contributed by atoms with E-state index in [2.05, 4.69) is 10.3 Å². The van der Waals surface area contributed by atoms with Crippen LogP contribution < -0.4 is 11.1 Å². The van der Waals surface area contributed by atoms with Gasteiger partial charge >= 0.3 is 0 Å². The number of unbranched alkanes of at least 4 members (excludes halogenated alkanes) is 1. The third kappa shape index (κ3) is 3.32. The Morgan fingerprint density at radius 3 is 2.83 bits per heavy atom. The van der Waals surface area contributed by atoms with E-state index < -0.39 is 5.54 Å². The van der Waals surface area contributed by atoms with E-state index in [9.17, 15) is 4.79 Å². The van der Waals surface area contributed by atoms with E-state index in [4.69, 9.17) is 5.73 Å². The number of aromatic nitrogens is 2. The molecule has 1 amide bonds. The van der Waals surface area contributed by atoms with Crippen LogP contribution in [0.3, 0.4) is 0 Å². The maximum atomic E-state index is 11.9. The van der Waals surface area contributed by atoms with Crippen molar-refractivity contribution in [2.75, 3.05) is 6.54 Å². The van der Waals surface area contributed by atoms with Crippen molar-refractivity contribution in [2.45, 2.75) is 50.6 Å². The van der Waals surface area contributed by atoms with Gasteiger partial charge in [-0.15, -0.1) is 0 Å². The average Bonchev–Trinajstić information content (AvgIpc) is 3.00. The molecule has 0 aromatic carbocycles. The van der Waals surface area contributed by atoms with Gasteiger partial charge in [0.1, 0.15) is 0 Å². The predicted molar refractivity (Wildman–Crippen MR) is 69.9 cm³/mol. The molecule has 0 radical (unpaired) electrons. The molecule has 1 aromatic heterocycles. The Morgan fingerprint density at radius 2 is 2.17 bits per heavy atom. The Morgan fingerprint density at radius 1 is 1.39 bits per heavy atom. The van der Waals surface area contributed by atoms with Gasteiger partial charge in [-0.1, -0.05) is 12.8 Å². The fraction of sp³-hybridized carbons (Fsp3) is 0.692. The fourth-order valence-electron chi connectivity index (χ4n) is 2.45. The highest BCUT2D eigenvalue weighted by molar-refractivity contribution is 5.86. The highest BCUT2D eigenvalue weighted by Crippen LogP contribution is 2.27. The smallest absolute Gasteiger partial charge is 0.240 e. The number of hydrogen-bond donors (Lipinski definition) is 2. The number of imidazole rings is 1. The van der Waals surface area contributed by atoms with Gasteiger partial charge in [-0.25, -0.2) is 4.98 Å². The number of aryl methyl sites for hydroxylation is 1. The number of hydrogen-bond acceptors (Lipinski definition) is 3. The third-order valence-corrected chi connectivity index (χ3v) is 3.64. The van der Waals surface area contributed by atoms with Crippen molar-refractivity contribution in [1.29, 1.82) is 0 Å². The Kier molecular flexibility index (Phi) is 4.36. The molecule has 1 saturated carbocycles. The largest absolute Gasteiger partial charge is 0.355 e. The van der Waals surface area contributed by atoms with Crippen molar-refractivity contribution in [2.24, 2.45) is 5.73 Å². The molecule has 3 N–H and O–H groups in total. The second kappa shape index (κ2) is 6.00. The predicted octanol–water partition coefficient (Wildman–Crippen LogP) is 1.05. The third-order valence-electron chi connectivity index (χ3n) is 3.64. The van der Waals surface area contributed by atoms with E-state index in [0.717, 1.165) is 45.1 Å². The second-order valence-corrected chi connectivity index (χ2v) is 5.13. The van der Waals surface area contributed by atoms with E-state index in [0.29, 0.717) is 6.54 Å². The van der Waals surface area contributed by atoms with E-state index in [-0.39, 0.29) is 5.91 Å². The van der Waals surface area contributed by atoms with Gasteiger partial charge < -0.3 is 15.6 Å². The zero-order valence-corrected chi connectivity index (χ0v) is 10.8. The minimum Gasteiger partial charge on any atom is -0.355 e. The quantitative estimate of drug-likeness (QED) is 0.741. The maximum Gasteiger partial charge on any atom is 0.240 e. The number of carbonyl (C=O) groups is 1. The van der Waals surface area contributed by atoms with Crippen LogP contribution in [-0.4, -0.2) is 27.5 Å². The fourth-order valence-corrected chi connectivity index (χ4v) is 2.45. The monoisotopic (exact) mass is 250 g/mol. The molecule has 1 aromatic rings. The molecule has 0 spiro atoms. The molecule has 0 atom stereocenters. The number of nitrogens with zero attached hydrogens (tertiary/aromatic N) is 2. The summed E-state index contributed by atoms with van der Waals surface area (Å²) >= 11 is 0. The summed E-state index contributed by atoms with van der Waals surface area (Å²) in [5.41, 5.74) is 5.48. The van der Waals surface area contributed by atoms with Gasteiger partial charge in [0.2, 0.25) is 5.91 Å². The van der Waals surface area contributed by atoms with Crippen LogP contribution in [0.4, 0.5) is 0 Å². The number of nitrogens with two attached hydrogens (primary N) is 1. The standard InChI is InChI=1S/C13H22N4O/c14-13(5-1-2-6-13)12(18)16-7-3-4-9-17-10-8-15-11-17/h8,10-11H,1-7,9,14H2,(H,16,18). The van der Waals surface area contributed by atoms with Gasteiger partial charge in [0.05, 0.1) is 11.9 Å². The second-order valence-electron chi connectivity index (χ2n) is 5.13. The minimum absolute atomic E-state index is 0.0302. The molecule has 5 nitrogen and oxygen atoms in total. The lowest BCUT2D eigenvalue weighted by Crippen LogP contribution is -2.52. The molecule has 2 rings (SSSR count). The first-order valence-corrected chi connectivity index (χ1v) is 6.74. The molecular weight excluding hydrogens is 228 g/mol. The number of carbonyl (C=O) groups excluding carboxylic acids is 1. The summed E-state index contributed by atoms with van der Waals surface area (Å²) in [4.78, 5) is 15.9. The summed E-state index contributed by atoms with van der Waals surface area (Å²) in [6.45, 7) is 1.66. The van der Waals surface area contributed by atoms with Crippen LogP contribution in [0.15, 0.2) is 18.7 Å². The van der Waals surface area contributed by atoms with E-state index >= 15 is 0 Å². The van der Waals surface area contributed by atoms with Crippen LogP contribution in [0.2, 0.25) is 0 Å². The van der Waals surface area contributed by atoms with Crippen LogP contribution in [0.25, 0.3) is 0 Å². The molecule has 0 aliphatic heterocycles. The molecule has 1 fully saturated rings. The summed E-state index contributed by atoms with van der Waals surface area (Å²) < 4.78 is 2.04. The molecule has 0 bridgehead atoms. The van der Waals surface area contributed by atoms with Crippen molar-refractivity contribution in [3.63, 3.8) is 0 Å². The average molecular weight is 250 g/mol. The first-order valence-electron chi connectivity index (χ1n) is 6.74. The van der Waals surface area contributed by atoms with Crippen LogP contribution in [0.1, 0.15) is 38.5 Å². The van der Waals surface area contributed by atoms with E-state index in [1.54, 1.807) is 6.20 Å². The number of nitrogens with one attached hydrogen (secondary N) is 1. The summed E-state index contributed by atoms with van der Waals surface area (Å²) in [5.74, 6) is 0.0302. The van der Waals surface area contributed by atoms with Gasteiger partial charge in [0.25, 0.3) is 0 Å². The van der Waals surface area contributed by atoms with Crippen molar-refractivity contribution in [3.8, 4) is 0 Å². The number of amides is 1. The van der Waals surface area contributed by atoms with Gasteiger partial charge in [0, 0.05) is 25.5 Å². The van der Waals surface area contributed by atoms with Gasteiger partial charge in [0.15, 0.2) is 0 Å². The summed E-state index contributed by atoms with van der Waals surface area (Å²) in [6.07, 6.45) is 11.4. The molecule has 0 saturated heterocycles. The SMILES string of the molecule is NC1(C(=O)NCCCCn2ccnc2)CCCC1. The lowest BCUT2D eigenvalue weighted by molar-refractivity contribution is -0.126. The Labute approximate surface area is 108 Å². The first kappa shape index (κ1) is 13.1. The summed E-state index contributed by atoms with van der Waals surface area (Å²) in [6, 6.07) is 0. The van der Waals surface area contributed by atoms with Crippen LogP contribution in [0.5, 0.6) is 0 Å². The van der Waals surface area contributed by atoms with Crippen LogP contribution in [0, 0.1) is 0 Å². The molecule has 18 heavy (non-hydrogen) atoms. The minimum atomic E-state index is -0.593. The highest BCUT2D eigenvalue weighted by Gasteiger charge is 2.36. The zero-order chi connectivity index (χ0) is 12.8. The molecule has 1 aliphatic carbocycles. The van der Waals surface area contributed by atoms with E-state index in [1.165, 1.54) is 0 Å². The first-order chi connectivity index (χ1) is 8.71. The lowest BCUT2D eigenvalue weighted by Gasteiger charge is -2.22. The lowest BCUT2D eigenvalue weighted by atomic mass is 9.98. The van der Waals surface area contributed by atoms with Gasteiger partial charge in [-0.05, 0) is 25.7 Å². The van der Waals surface area contributed by atoms with Crippen LogP contribution in [-0.2, 0) is 11.3 Å². The molecule has 1 heterocycles. The molecule has 1 aliphatic rings. The zero-order valence-electron chi connectivity index (χ0n) is 10.8. The Balaban J connectivity index is 1.59. The topological polar surface area (TPSA) is 72.9 Å². The molecule has 100 valence electrons. The molecule has 5 heteroatoms. The van der Waals surface area contributed by atoms with Crippen LogP contribution >= 0.6 is 0 Å². The van der Waals surface area contributed by atoms with Crippen molar-refractivity contribution in [3.05, 3.63) is 18.7 Å². The molecular formula is C13H22N4O. The summed E-state index contributed by atoms with van der Waals surface area (Å²) in [5, 5.41) is 2.96. The number of rotatable bonds is 6. The van der Waals surface area contributed by atoms with E-state index in [1.807, 2.05) is 17.1 Å². The normalized spacial score (nSPS) is 17.8. The Hall–Kier alpha value is -1.36. The summed E-state index contributed by atoms with van der Waals surface area (Å²) in [7, 11) is 0. The Bertz CT molecular complexity index is 368. The molecule has 0 unspecified atom stereocenters. The highest BCUT2D eigenvalue weighted by atomic mass is 16.2. The van der Waals surface area contributed by atoms with Crippen molar-refractivity contribution < 1.29 is 4.79 Å². The van der Waals surface area contributed by atoms with Gasteiger partial charge in [-0.2, -0.15) is 0 Å². The van der Waals surface area contributed by atoms with Crippen molar-refractivity contribution in [1.82, 2.24) is 14.9 Å². The van der Waals surface area contributed by atoms with Crippen molar-refractivity contribution >= 4 is 5.91 Å². The maximum absolute atomic E-state index is 11.9. The van der Waals surface area contributed by atoms with Gasteiger partial charge in [-0.3, -0.25) is 4.79 Å².